The van der Waals surface area contributed by atoms with Gasteiger partial charge >= 0.3 is 0 Å². The third kappa shape index (κ3) is 4.14. The van der Waals surface area contributed by atoms with Crippen LogP contribution in [0.3, 0.4) is 0 Å². The molecule has 6 nitrogen and oxygen atoms in total. The van der Waals surface area contributed by atoms with E-state index in [1.165, 1.54) is 6.07 Å². The third-order valence-electron chi connectivity index (χ3n) is 7.08. The van der Waals surface area contributed by atoms with Crippen LogP contribution in [0.15, 0.2) is 36.5 Å². The van der Waals surface area contributed by atoms with E-state index in [2.05, 4.69) is 55.1 Å². The van der Waals surface area contributed by atoms with E-state index in [0.29, 0.717) is 31.8 Å². The molecule has 1 spiro atoms. The molecule has 2 aromatic heterocycles. The number of carbonyl (C=O) groups excluding carboxylic acids is 1. The van der Waals surface area contributed by atoms with Gasteiger partial charge in [-0.05, 0) is 36.0 Å². The van der Waals surface area contributed by atoms with Crippen molar-refractivity contribution in [2.45, 2.75) is 58.4 Å². The molecule has 5 rings (SSSR count). The van der Waals surface area contributed by atoms with Crippen molar-refractivity contribution >= 4 is 11.6 Å². The van der Waals surface area contributed by atoms with Gasteiger partial charge in [0.1, 0.15) is 0 Å². The number of nitrogens with zero attached hydrogens (tertiary/aromatic N) is 4. The summed E-state index contributed by atoms with van der Waals surface area (Å²) in [4.78, 5) is 19.5. The molecule has 0 radical (unpaired) electrons. The number of carbonyl (C=O) groups is 1. The van der Waals surface area contributed by atoms with Crippen LogP contribution in [0.5, 0.6) is 0 Å². The smallest absolute Gasteiger partial charge is 0.235 e. The fraction of sp³-hybridized carbons (Fsp3) is 0.500. The SMILES string of the molecule is CC(C)(C)c1c(Cc2ccc(CN3CCC4(CCOCC4)C3=O)cc2)cnc2cc(F)nn12. The van der Waals surface area contributed by atoms with Gasteiger partial charge in [-0.3, -0.25) is 4.79 Å². The zero-order chi connectivity index (χ0) is 23.2. The van der Waals surface area contributed by atoms with Crippen LogP contribution in [0, 0.1) is 11.4 Å². The molecular formula is C26H31FN4O2. The van der Waals surface area contributed by atoms with Gasteiger partial charge in [0.05, 0.1) is 11.1 Å². The lowest BCUT2D eigenvalue weighted by atomic mass is 9.79. The van der Waals surface area contributed by atoms with Crippen LogP contribution in [0.2, 0.25) is 0 Å². The number of likely N-dealkylation sites (tertiary alicyclic amines) is 1. The van der Waals surface area contributed by atoms with Crippen LogP contribution in [0.1, 0.15) is 62.4 Å². The van der Waals surface area contributed by atoms with Crippen LogP contribution in [0.4, 0.5) is 4.39 Å². The Balaban J connectivity index is 1.33. The summed E-state index contributed by atoms with van der Waals surface area (Å²) >= 11 is 0. The number of aromatic nitrogens is 3. The molecule has 174 valence electrons. The highest BCUT2D eigenvalue weighted by Gasteiger charge is 2.47. The Kier molecular flexibility index (Phi) is 5.47. The van der Waals surface area contributed by atoms with Crippen molar-refractivity contribution in [3.63, 3.8) is 0 Å². The molecule has 0 atom stereocenters. The number of amides is 1. The van der Waals surface area contributed by atoms with Crippen LogP contribution >= 0.6 is 0 Å². The average Bonchev–Trinajstić information content (AvgIpc) is 3.29. The van der Waals surface area contributed by atoms with Crippen LogP contribution in [-0.4, -0.2) is 45.2 Å². The van der Waals surface area contributed by atoms with E-state index >= 15 is 0 Å². The van der Waals surface area contributed by atoms with E-state index < -0.39 is 5.95 Å². The maximum absolute atomic E-state index is 13.8. The summed E-state index contributed by atoms with van der Waals surface area (Å²) in [6.45, 7) is 9.16. The highest BCUT2D eigenvalue weighted by molar-refractivity contribution is 5.85. The molecule has 2 aliphatic rings. The molecule has 0 N–H and O–H groups in total. The predicted molar refractivity (Wildman–Crippen MR) is 123 cm³/mol. The molecule has 0 aliphatic carbocycles. The van der Waals surface area contributed by atoms with E-state index in [0.717, 1.165) is 48.2 Å². The molecular weight excluding hydrogens is 419 g/mol. The second kappa shape index (κ2) is 8.20. The van der Waals surface area contributed by atoms with E-state index in [1.807, 2.05) is 11.1 Å². The van der Waals surface area contributed by atoms with Gasteiger partial charge in [-0.15, -0.1) is 5.10 Å². The van der Waals surface area contributed by atoms with Gasteiger partial charge in [0.25, 0.3) is 0 Å². The Morgan fingerprint density at radius 2 is 1.79 bits per heavy atom. The Morgan fingerprint density at radius 1 is 1.09 bits per heavy atom. The van der Waals surface area contributed by atoms with Gasteiger partial charge < -0.3 is 9.64 Å². The fourth-order valence-corrected chi connectivity index (χ4v) is 5.34. The maximum Gasteiger partial charge on any atom is 0.235 e. The normalized spacial score (nSPS) is 18.5. The molecule has 33 heavy (non-hydrogen) atoms. The minimum atomic E-state index is -0.520. The lowest BCUT2D eigenvalue weighted by molar-refractivity contribution is -0.141. The fourth-order valence-electron chi connectivity index (χ4n) is 5.34. The summed E-state index contributed by atoms with van der Waals surface area (Å²) in [5.74, 6) is -0.232. The Labute approximate surface area is 193 Å². The maximum atomic E-state index is 13.8. The summed E-state index contributed by atoms with van der Waals surface area (Å²) in [5.41, 5.74) is 4.38. The second-order valence-corrected chi connectivity index (χ2v) is 10.5. The predicted octanol–water partition coefficient (Wildman–Crippen LogP) is 4.29. The average molecular weight is 451 g/mol. The zero-order valence-electron chi connectivity index (χ0n) is 19.6. The van der Waals surface area contributed by atoms with E-state index in [4.69, 9.17) is 4.74 Å². The Hall–Kier alpha value is -2.80. The van der Waals surface area contributed by atoms with Crippen LogP contribution in [0.25, 0.3) is 5.65 Å². The van der Waals surface area contributed by atoms with Crippen molar-refractivity contribution in [2.75, 3.05) is 19.8 Å². The number of hydrogen-bond acceptors (Lipinski definition) is 4. The molecule has 0 unspecified atom stereocenters. The molecule has 2 saturated heterocycles. The van der Waals surface area contributed by atoms with Gasteiger partial charge in [-0.25, -0.2) is 9.50 Å². The first kappa shape index (κ1) is 22.0. The van der Waals surface area contributed by atoms with Crippen molar-refractivity contribution in [1.29, 1.82) is 0 Å². The van der Waals surface area contributed by atoms with Crippen molar-refractivity contribution in [3.05, 3.63) is 64.9 Å². The van der Waals surface area contributed by atoms with E-state index in [-0.39, 0.29) is 16.7 Å². The molecule has 0 bridgehead atoms. The summed E-state index contributed by atoms with van der Waals surface area (Å²) in [6, 6.07) is 9.79. The molecule has 0 saturated carbocycles. The Bertz CT molecular complexity index is 1170. The highest BCUT2D eigenvalue weighted by Crippen LogP contribution is 2.41. The monoisotopic (exact) mass is 450 g/mol. The largest absolute Gasteiger partial charge is 0.381 e. The summed E-state index contributed by atoms with van der Waals surface area (Å²) in [6.07, 6.45) is 5.14. The molecule has 2 aliphatic heterocycles. The minimum Gasteiger partial charge on any atom is -0.381 e. The number of benzene rings is 1. The molecule has 1 aromatic carbocycles. The summed E-state index contributed by atoms with van der Waals surface area (Å²) in [7, 11) is 0. The van der Waals surface area contributed by atoms with Gasteiger partial charge in [-0.2, -0.15) is 4.39 Å². The first-order chi connectivity index (χ1) is 15.7. The quantitative estimate of drug-likeness (QED) is 0.595. The van der Waals surface area contributed by atoms with Crippen molar-refractivity contribution in [3.8, 4) is 0 Å². The number of ether oxygens (including phenoxy) is 1. The Morgan fingerprint density at radius 3 is 2.48 bits per heavy atom. The van der Waals surface area contributed by atoms with Gasteiger partial charge in [0, 0.05) is 50.4 Å². The second-order valence-electron chi connectivity index (χ2n) is 10.5. The van der Waals surface area contributed by atoms with E-state index in [1.54, 1.807) is 4.52 Å². The number of rotatable bonds is 4. The standard InChI is InChI=1S/C26H31FN4O2/c1-25(2,3)23-20(16-28-22-15-21(27)29-31(22)23)14-18-4-6-19(7-5-18)17-30-11-8-26(24(30)32)9-12-33-13-10-26/h4-7,15-16H,8-14,17H2,1-3H3. The minimum absolute atomic E-state index is 0.195. The van der Waals surface area contributed by atoms with Crippen molar-refractivity contribution in [1.82, 2.24) is 19.5 Å². The lowest BCUT2D eigenvalue weighted by Gasteiger charge is -2.31. The first-order valence-electron chi connectivity index (χ1n) is 11.7. The van der Waals surface area contributed by atoms with Crippen LogP contribution < -0.4 is 0 Å². The number of fused-ring (bicyclic) bond motifs is 1. The number of hydrogen-bond donors (Lipinski definition) is 0. The summed E-state index contributed by atoms with van der Waals surface area (Å²) < 4.78 is 20.9. The number of halogens is 1. The molecule has 7 heteroatoms. The molecule has 3 aromatic rings. The summed E-state index contributed by atoms with van der Waals surface area (Å²) in [5, 5.41) is 4.04. The van der Waals surface area contributed by atoms with Crippen molar-refractivity contribution in [2.24, 2.45) is 5.41 Å². The topological polar surface area (TPSA) is 59.7 Å². The zero-order valence-corrected chi connectivity index (χ0v) is 19.6. The highest BCUT2D eigenvalue weighted by atomic mass is 19.1. The molecule has 4 heterocycles. The lowest BCUT2D eigenvalue weighted by Crippen LogP contribution is -2.38. The molecule has 2 fully saturated rings. The van der Waals surface area contributed by atoms with E-state index in [9.17, 15) is 9.18 Å². The van der Waals surface area contributed by atoms with Crippen LogP contribution in [-0.2, 0) is 27.9 Å². The van der Waals surface area contributed by atoms with Crippen molar-refractivity contribution < 1.29 is 13.9 Å². The first-order valence-corrected chi connectivity index (χ1v) is 11.7. The third-order valence-corrected chi connectivity index (χ3v) is 7.08. The van der Waals surface area contributed by atoms with Gasteiger partial charge in [-0.1, -0.05) is 45.0 Å². The molecule has 1 amide bonds. The van der Waals surface area contributed by atoms with Gasteiger partial charge in [0.15, 0.2) is 5.65 Å². The van der Waals surface area contributed by atoms with Gasteiger partial charge in [0.2, 0.25) is 11.9 Å².